The first-order valence-corrected chi connectivity index (χ1v) is 5.65. The van der Waals surface area contributed by atoms with E-state index in [1.165, 1.54) is 0 Å². The molecule has 1 amide bonds. The Morgan fingerprint density at radius 1 is 1.32 bits per heavy atom. The molecule has 0 aliphatic carbocycles. The van der Waals surface area contributed by atoms with Crippen LogP contribution in [0.3, 0.4) is 0 Å². The number of H-pyrrole nitrogens is 1. The summed E-state index contributed by atoms with van der Waals surface area (Å²) in [6.07, 6.45) is 1.68. The van der Waals surface area contributed by atoms with Gasteiger partial charge in [-0.05, 0) is 29.8 Å². The molecule has 1 aromatic carbocycles. The average Bonchev–Trinajstić information content (AvgIpc) is 2.91. The van der Waals surface area contributed by atoms with Gasteiger partial charge in [0.2, 0.25) is 0 Å². The highest BCUT2D eigenvalue weighted by Gasteiger charge is 2.13. The lowest BCUT2D eigenvalue weighted by atomic mass is 10.1. The number of carbonyl (C=O) groups excluding carboxylic acids is 1. The van der Waals surface area contributed by atoms with Gasteiger partial charge >= 0.3 is 0 Å². The van der Waals surface area contributed by atoms with Crippen molar-refractivity contribution in [3.8, 4) is 0 Å². The maximum atomic E-state index is 12.2. The van der Waals surface area contributed by atoms with Gasteiger partial charge in [0, 0.05) is 11.6 Å². The van der Waals surface area contributed by atoms with Crippen LogP contribution in [-0.4, -0.2) is 31.5 Å². The lowest BCUT2D eigenvalue weighted by Gasteiger charge is -2.06. The summed E-state index contributed by atoms with van der Waals surface area (Å²) in [5.74, 6) is -0.181. The lowest BCUT2D eigenvalue weighted by Crippen LogP contribution is -2.14. The first-order chi connectivity index (χ1) is 9.25. The fourth-order valence-electron chi connectivity index (χ4n) is 1.88. The number of anilines is 1. The van der Waals surface area contributed by atoms with E-state index in [-0.39, 0.29) is 11.9 Å². The third-order valence-electron chi connectivity index (χ3n) is 2.80. The number of aromatic nitrogens is 5. The number of rotatable bonds is 2. The Morgan fingerprint density at radius 2 is 2.21 bits per heavy atom. The molecule has 0 bridgehead atoms. The Bertz CT molecular complexity index is 737. The number of aromatic amines is 1. The number of nitrogens with one attached hydrogen (secondary N) is 2. The van der Waals surface area contributed by atoms with E-state index in [9.17, 15) is 4.79 Å². The van der Waals surface area contributed by atoms with Crippen LogP contribution in [0.4, 0.5) is 5.95 Å². The van der Waals surface area contributed by atoms with Crippen LogP contribution >= 0.6 is 0 Å². The molecule has 2 N–H and O–H groups in total. The van der Waals surface area contributed by atoms with Crippen molar-refractivity contribution in [2.24, 2.45) is 0 Å². The monoisotopic (exact) mass is 254 g/mol. The van der Waals surface area contributed by atoms with Crippen molar-refractivity contribution in [2.75, 3.05) is 5.32 Å². The number of carbonyl (C=O) groups is 1. The predicted molar refractivity (Wildman–Crippen MR) is 68.6 cm³/mol. The second kappa shape index (κ2) is 4.45. The standard InChI is InChI=1S/C12H10N6O/c1-7-5-6-13-10-8(7)3-2-4-9(10)11(19)14-12-15-17-18-16-12/h2-6H,1H3,(H2,14,15,16,17,18,19). The van der Waals surface area contributed by atoms with Crippen LogP contribution in [0, 0.1) is 6.92 Å². The summed E-state index contributed by atoms with van der Waals surface area (Å²) in [5.41, 5.74) is 2.20. The number of amides is 1. The van der Waals surface area contributed by atoms with Crippen molar-refractivity contribution < 1.29 is 4.79 Å². The Hall–Kier alpha value is -2.83. The van der Waals surface area contributed by atoms with Gasteiger partial charge in [0.1, 0.15) is 0 Å². The highest BCUT2D eigenvalue weighted by Crippen LogP contribution is 2.20. The van der Waals surface area contributed by atoms with Crippen molar-refractivity contribution in [1.29, 1.82) is 0 Å². The summed E-state index contributed by atoms with van der Waals surface area (Å²) in [5, 5.41) is 16.5. The predicted octanol–water partition coefficient (Wildman–Crippen LogP) is 1.31. The van der Waals surface area contributed by atoms with E-state index < -0.39 is 0 Å². The molecular weight excluding hydrogens is 244 g/mol. The minimum Gasteiger partial charge on any atom is -0.288 e. The van der Waals surface area contributed by atoms with E-state index in [1.54, 1.807) is 12.3 Å². The molecule has 0 radical (unpaired) electrons. The zero-order chi connectivity index (χ0) is 13.2. The van der Waals surface area contributed by atoms with Gasteiger partial charge in [-0.1, -0.05) is 17.2 Å². The summed E-state index contributed by atoms with van der Waals surface area (Å²) in [7, 11) is 0. The second-order valence-corrected chi connectivity index (χ2v) is 4.02. The molecular formula is C12H10N6O. The van der Waals surface area contributed by atoms with Crippen molar-refractivity contribution in [3.05, 3.63) is 41.6 Å². The third-order valence-corrected chi connectivity index (χ3v) is 2.80. The van der Waals surface area contributed by atoms with Crippen LogP contribution in [0.1, 0.15) is 15.9 Å². The van der Waals surface area contributed by atoms with Gasteiger partial charge in [0.05, 0.1) is 11.1 Å². The van der Waals surface area contributed by atoms with E-state index in [2.05, 4.69) is 30.9 Å². The maximum Gasteiger partial charge on any atom is 0.270 e. The number of aryl methyl sites for hydroxylation is 1. The lowest BCUT2D eigenvalue weighted by molar-refractivity contribution is 0.102. The van der Waals surface area contributed by atoms with E-state index in [0.29, 0.717) is 11.1 Å². The summed E-state index contributed by atoms with van der Waals surface area (Å²) in [4.78, 5) is 16.4. The number of hydrogen-bond donors (Lipinski definition) is 2. The molecule has 0 unspecified atom stereocenters. The van der Waals surface area contributed by atoms with E-state index in [1.807, 2.05) is 25.1 Å². The number of benzene rings is 1. The Morgan fingerprint density at radius 3 is 3.00 bits per heavy atom. The van der Waals surface area contributed by atoms with Crippen molar-refractivity contribution >= 4 is 22.8 Å². The minimum absolute atomic E-state index is 0.134. The van der Waals surface area contributed by atoms with Crippen LogP contribution in [-0.2, 0) is 0 Å². The summed E-state index contributed by atoms with van der Waals surface area (Å²) < 4.78 is 0. The van der Waals surface area contributed by atoms with Gasteiger partial charge in [0.25, 0.3) is 11.9 Å². The number of para-hydroxylation sites is 1. The van der Waals surface area contributed by atoms with Crippen LogP contribution in [0.15, 0.2) is 30.5 Å². The largest absolute Gasteiger partial charge is 0.288 e. The quantitative estimate of drug-likeness (QED) is 0.718. The van der Waals surface area contributed by atoms with E-state index in [4.69, 9.17) is 0 Å². The fraction of sp³-hybridized carbons (Fsp3) is 0.0833. The summed E-state index contributed by atoms with van der Waals surface area (Å²) >= 11 is 0. The average molecular weight is 254 g/mol. The Balaban J connectivity index is 2.05. The molecule has 94 valence electrons. The number of fused-ring (bicyclic) bond motifs is 1. The van der Waals surface area contributed by atoms with Gasteiger partial charge < -0.3 is 0 Å². The van der Waals surface area contributed by atoms with E-state index >= 15 is 0 Å². The normalized spacial score (nSPS) is 10.6. The number of nitrogens with zero attached hydrogens (tertiary/aromatic N) is 4. The second-order valence-electron chi connectivity index (χ2n) is 4.02. The van der Waals surface area contributed by atoms with Gasteiger partial charge in [-0.15, -0.1) is 5.10 Å². The zero-order valence-corrected chi connectivity index (χ0v) is 10.1. The first-order valence-electron chi connectivity index (χ1n) is 5.65. The van der Waals surface area contributed by atoms with Crippen LogP contribution in [0.2, 0.25) is 0 Å². The number of tetrazole rings is 1. The SMILES string of the molecule is Cc1ccnc2c(C(=O)Nc3nn[nH]n3)cccc12. The molecule has 0 saturated heterocycles. The highest BCUT2D eigenvalue weighted by molar-refractivity contribution is 6.11. The molecule has 0 saturated carbocycles. The van der Waals surface area contributed by atoms with E-state index in [0.717, 1.165) is 10.9 Å². The third kappa shape index (κ3) is 2.01. The molecule has 3 rings (SSSR count). The Labute approximate surface area is 108 Å². The molecule has 7 heteroatoms. The fourth-order valence-corrected chi connectivity index (χ4v) is 1.88. The van der Waals surface area contributed by atoms with Gasteiger partial charge in [-0.25, -0.2) is 0 Å². The summed E-state index contributed by atoms with van der Waals surface area (Å²) in [6.45, 7) is 1.98. The molecule has 7 nitrogen and oxygen atoms in total. The molecule has 19 heavy (non-hydrogen) atoms. The van der Waals surface area contributed by atoms with Crippen LogP contribution < -0.4 is 5.32 Å². The van der Waals surface area contributed by atoms with Crippen molar-refractivity contribution in [1.82, 2.24) is 25.6 Å². The molecule has 0 spiro atoms. The van der Waals surface area contributed by atoms with Crippen LogP contribution in [0.25, 0.3) is 10.9 Å². The van der Waals surface area contributed by atoms with Crippen molar-refractivity contribution in [2.45, 2.75) is 6.92 Å². The molecule has 0 atom stereocenters. The topological polar surface area (TPSA) is 96.5 Å². The highest BCUT2D eigenvalue weighted by atomic mass is 16.1. The Kier molecular flexibility index (Phi) is 2.64. The van der Waals surface area contributed by atoms with Crippen molar-refractivity contribution in [3.63, 3.8) is 0 Å². The van der Waals surface area contributed by atoms with Crippen LogP contribution in [0.5, 0.6) is 0 Å². The van der Waals surface area contributed by atoms with Gasteiger partial charge in [-0.3, -0.25) is 15.1 Å². The van der Waals surface area contributed by atoms with Gasteiger partial charge in [0.15, 0.2) is 0 Å². The molecule has 2 aromatic heterocycles. The number of hydrogen-bond acceptors (Lipinski definition) is 5. The summed E-state index contributed by atoms with van der Waals surface area (Å²) in [6, 6.07) is 7.37. The maximum absolute atomic E-state index is 12.2. The van der Waals surface area contributed by atoms with Gasteiger partial charge in [-0.2, -0.15) is 5.21 Å². The smallest absolute Gasteiger partial charge is 0.270 e. The first kappa shape index (κ1) is 11.3. The molecule has 0 aliphatic rings. The zero-order valence-electron chi connectivity index (χ0n) is 10.1. The molecule has 0 fully saturated rings. The molecule has 0 aliphatic heterocycles. The minimum atomic E-state index is -0.315. The molecule has 2 heterocycles. The number of pyridine rings is 1. The molecule has 3 aromatic rings.